The van der Waals surface area contributed by atoms with E-state index in [0.29, 0.717) is 0 Å². The number of aryl methyl sites for hydroxylation is 1. The van der Waals surface area contributed by atoms with Gasteiger partial charge in [0.2, 0.25) is 5.69 Å². The Morgan fingerprint density at radius 1 is 1.00 bits per heavy atom. The van der Waals surface area contributed by atoms with Crippen LogP contribution in [0.15, 0.2) is 54.7 Å². The quantitative estimate of drug-likeness (QED) is 0.747. The SMILES string of the molecule is CN(C)C(=Cc1cccc[n+]1C)c1ccccc1. The summed E-state index contributed by atoms with van der Waals surface area (Å²) in [6, 6.07) is 16.7. The van der Waals surface area contributed by atoms with E-state index in [9.17, 15) is 0 Å². The van der Waals surface area contributed by atoms with Crippen LogP contribution in [0, 0.1) is 0 Å². The van der Waals surface area contributed by atoms with Gasteiger partial charge in [-0.05, 0) is 11.6 Å². The van der Waals surface area contributed by atoms with Crippen molar-refractivity contribution in [3.63, 3.8) is 0 Å². The molecule has 0 radical (unpaired) electrons. The van der Waals surface area contributed by atoms with Gasteiger partial charge in [-0.3, -0.25) is 0 Å². The molecule has 0 bridgehead atoms. The minimum Gasteiger partial charge on any atom is -0.377 e. The smallest absolute Gasteiger partial charge is 0.207 e. The van der Waals surface area contributed by atoms with Crippen molar-refractivity contribution in [1.82, 2.24) is 4.90 Å². The topological polar surface area (TPSA) is 7.12 Å². The van der Waals surface area contributed by atoms with E-state index in [1.807, 2.05) is 12.1 Å². The highest BCUT2D eigenvalue weighted by atomic mass is 15.1. The monoisotopic (exact) mass is 239 g/mol. The molecule has 2 nitrogen and oxygen atoms in total. The van der Waals surface area contributed by atoms with Gasteiger partial charge in [0.15, 0.2) is 6.20 Å². The number of hydrogen-bond donors (Lipinski definition) is 0. The predicted octanol–water partition coefficient (Wildman–Crippen LogP) is 2.57. The summed E-state index contributed by atoms with van der Waals surface area (Å²) in [4.78, 5) is 2.14. The summed E-state index contributed by atoms with van der Waals surface area (Å²) in [5.41, 5.74) is 3.62. The molecule has 18 heavy (non-hydrogen) atoms. The summed E-state index contributed by atoms with van der Waals surface area (Å²) < 4.78 is 2.12. The Kier molecular flexibility index (Phi) is 3.78. The third kappa shape index (κ3) is 2.77. The van der Waals surface area contributed by atoms with Crippen molar-refractivity contribution in [2.24, 2.45) is 7.05 Å². The van der Waals surface area contributed by atoms with Crippen molar-refractivity contribution >= 4 is 11.8 Å². The van der Waals surface area contributed by atoms with Crippen molar-refractivity contribution in [1.29, 1.82) is 0 Å². The molecule has 92 valence electrons. The molecular weight excluding hydrogens is 220 g/mol. The van der Waals surface area contributed by atoms with Crippen molar-refractivity contribution in [3.05, 3.63) is 66.0 Å². The van der Waals surface area contributed by atoms with E-state index in [-0.39, 0.29) is 0 Å². The molecule has 0 aliphatic rings. The molecular formula is C16H19N2+. The molecule has 0 fully saturated rings. The van der Waals surface area contributed by atoms with Crippen LogP contribution in [-0.4, -0.2) is 19.0 Å². The summed E-state index contributed by atoms with van der Waals surface area (Å²) >= 11 is 0. The van der Waals surface area contributed by atoms with Crippen LogP contribution in [0.5, 0.6) is 0 Å². The molecule has 0 aliphatic carbocycles. The number of pyridine rings is 1. The lowest BCUT2D eigenvalue weighted by atomic mass is 10.1. The Balaban J connectivity index is 2.47. The Hall–Kier alpha value is -2.09. The third-order valence-corrected chi connectivity index (χ3v) is 2.93. The van der Waals surface area contributed by atoms with Crippen LogP contribution in [0.1, 0.15) is 11.3 Å². The lowest BCUT2D eigenvalue weighted by Crippen LogP contribution is -2.31. The summed E-state index contributed by atoms with van der Waals surface area (Å²) in [7, 11) is 6.20. The zero-order valence-electron chi connectivity index (χ0n) is 11.2. The molecule has 0 saturated carbocycles. The molecule has 0 aliphatic heterocycles. The van der Waals surface area contributed by atoms with Gasteiger partial charge in [-0.25, -0.2) is 4.57 Å². The maximum atomic E-state index is 2.20. The fraction of sp³-hybridized carbons (Fsp3) is 0.188. The zero-order chi connectivity index (χ0) is 13.0. The Morgan fingerprint density at radius 2 is 1.67 bits per heavy atom. The first kappa shape index (κ1) is 12.4. The fourth-order valence-electron chi connectivity index (χ4n) is 1.91. The normalized spacial score (nSPS) is 11.4. The largest absolute Gasteiger partial charge is 0.377 e. The van der Waals surface area contributed by atoms with E-state index in [4.69, 9.17) is 0 Å². The maximum absolute atomic E-state index is 2.20. The van der Waals surface area contributed by atoms with Crippen molar-refractivity contribution in [3.8, 4) is 0 Å². The molecule has 0 spiro atoms. The van der Waals surface area contributed by atoms with Gasteiger partial charge in [-0.15, -0.1) is 0 Å². The minimum atomic E-state index is 1.19. The molecule has 2 aromatic rings. The summed E-state index contributed by atoms with van der Waals surface area (Å²) in [6.07, 6.45) is 4.26. The molecule has 2 heteroatoms. The first-order valence-corrected chi connectivity index (χ1v) is 6.07. The average molecular weight is 239 g/mol. The molecule has 0 amide bonds. The molecule has 1 heterocycles. The molecule has 0 saturated heterocycles. The molecule has 1 aromatic heterocycles. The number of nitrogens with zero attached hydrogens (tertiary/aromatic N) is 2. The minimum absolute atomic E-state index is 1.19. The molecule has 0 N–H and O–H groups in total. The van der Waals surface area contributed by atoms with Crippen LogP contribution >= 0.6 is 0 Å². The highest BCUT2D eigenvalue weighted by molar-refractivity contribution is 5.78. The van der Waals surface area contributed by atoms with Gasteiger partial charge in [0, 0.05) is 32.3 Å². The average Bonchev–Trinajstić information content (AvgIpc) is 2.38. The summed E-state index contributed by atoms with van der Waals surface area (Å²) in [5, 5.41) is 0. The maximum Gasteiger partial charge on any atom is 0.207 e. The van der Waals surface area contributed by atoms with E-state index < -0.39 is 0 Å². The second-order valence-corrected chi connectivity index (χ2v) is 4.53. The summed E-state index contributed by atoms with van der Waals surface area (Å²) in [5.74, 6) is 0. The molecule has 2 rings (SSSR count). The highest BCUT2D eigenvalue weighted by Gasteiger charge is 2.08. The van der Waals surface area contributed by atoms with Crippen LogP contribution in [0.3, 0.4) is 0 Å². The van der Waals surface area contributed by atoms with Gasteiger partial charge in [0.25, 0.3) is 0 Å². The van der Waals surface area contributed by atoms with E-state index in [1.54, 1.807) is 0 Å². The van der Waals surface area contributed by atoms with Gasteiger partial charge in [0.1, 0.15) is 7.05 Å². The van der Waals surface area contributed by atoms with Crippen molar-refractivity contribution in [2.45, 2.75) is 0 Å². The zero-order valence-corrected chi connectivity index (χ0v) is 11.2. The second kappa shape index (κ2) is 5.50. The third-order valence-electron chi connectivity index (χ3n) is 2.93. The fourth-order valence-corrected chi connectivity index (χ4v) is 1.91. The Morgan fingerprint density at radius 3 is 2.28 bits per heavy atom. The van der Waals surface area contributed by atoms with Crippen LogP contribution < -0.4 is 4.57 Å². The van der Waals surface area contributed by atoms with Gasteiger partial charge >= 0.3 is 0 Å². The van der Waals surface area contributed by atoms with Gasteiger partial charge in [0.05, 0.1) is 5.70 Å². The highest BCUT2D eigenvalue weighted by Crippen LogP contribution is 2.18. The number of aromatic nitrogens is 1. The standard InChI is InChI=1S/C16H19N2/c1-17(2)16(14-9-5-4-6-10-14)13-15-11-7-8-12-18(15)3/h4-13H,1-3H3/q+1. The lowest BCUT2D eigenvalue weighted by molar-refractivity contribution is -0.673. The van der Waals surface area contributed by atoms with Crippen LogP contribution in [-0.2, 0) is 7.05 Å². The Labute approximate surface area is 109 Å². The predicted molar refractivity (Wildman–Crippen MR) is 75.6 cm³/mol. The first-order valence-electron chi connectivity index (χ1n) is 6.07. The van der Waals surface area contributed by atoms with Crippen LogP contribution in [0.4, 0.5) is 0 Å². The molecule has 0 atom stereocenters. The number of rotatable bonds is 3. The van der Waals surface area contributed by atoms with Gasteiger partial charge in [-0.1, -0.05) is 30.3 Å². The van der Waals surface area contributed by atoms with Crippen LogP contribution in [0.25, 0.3) is 11.8 Å². The van der Waals surface area contributed by atoms with E-state index >= 15 is 0 Å². The molecule has 1 aromatic carbocycles. The van der Waals surface area contributed by atoms with Crippen molar-refractivity contribution in [2.75, 3.05) is 14.1 Å². The van der Waals surface area contributed by atoms with E-state index in [2.05, 4.69) is 79.3 Å². The lowest BCUT2D eigenvalue weighted by Gasteiger charge is -2.17. The first-order chi connectivity index (χ1) is 8.68. The van der Waals surface area contributed by atoms with Crippen molar-refractivity contribution < 1.29 is 4.57 Å². The van der Waals surface area contributed by atoms with Crippen LogP contribution in [0.2, 0.25) is 0 Å². The van der Waals surface area contributed by atoms with Gasteiger partial charge < -0.3 is 4.90 Å². The molecule has 0 unspecified atom stereocenters. The summed E-state index contributed by atoms with van der Waals surface area (Å²) in [6.45, 7) is 0. The number of benzene rings is 1. The Bertz CT molecular complexity index is 542. The second-order valence-electron chi connectivity index (χ2n) is 4.53. The van der Waals surface area contributed by atoms with Gasteiger partial charge in [-0.2, -0.15) is 0 Å². The number of hydrogen-bond acceptors (Lipinski definition) is 1. The van der Waals surface area contributed by atoms with E-state index in [1.165, 1.54) is 17.0 Å². The van der Waals surface area contributed by atoms with E-state index in [0.717, 1.165) is 0 Å².